The van der Waals surface area contributed by atoms with Crippen molar-refractivity contribution in [3.05, 3.63) is 45.7 Å². The first kappa shape index (κ1) is 14.2. The third-order valence-electron chi connectivity index (χ3n) is 2.58. The molecule has 0 spiro atoms. The smallest absolute Gasteiger partial charge is 0.238 e. The molecule has 19 heavy (non-hydrogen) atoms. The number of benzene rings is 1. The minimum absolute atomic E-state index is 0.0921. The highest BCUT2D eigenvalue weighted by molar-refractivity contribution is 6.37. The predicted molar refractivity (Wildman–Crippen MR) is 68.0 cm³/mol. The highest BCUT2D eigenvalue weighted by Gasteiger charge is 2.32. The van der Waals surface area contributed by atoms with Gasteiger partial charge in [0.1, 0.15) is 5.69 Å². The fourth-order valence-electron chi connectivity index (χ4n) is 1.62. The van der Waals surface area contributed by atoms with Crippen molar-refractivity contribution in [2.45, 2.75) is 19.5 Å². The number of halogens is 5. The quantitative estimate of drug-likeness (QED) is 0.782. The zero-order valence-corrected chi connectivity index (χ0v) is 11.3. The molecule has 7 heteroatoms. The molecule has 0 bridgehead atoms. The molecule has 0 radical (unpaired) electrons. The van der Waals surface area contributed by atoms with Gasteiger partial charge in [0.05, 0.1) is 21.3 Å². The van der Waals surface area contributed by atoms with Crippen molar-refractivity contribution in [3.63, 3.8) is 0 Å². The second-order valence-corrected chi connectivity index (χ2v) is 4.71. The number of alkyl halides is 3. The van der Waals surface area contributed by atoms with Crippen LogP contribution in [0.3, 0.4) is 0 Å². The normalized spacial score (nSPS) is 11.9. The summed E-state index contributed by atoms with van der Waals surface area (Å²) in [7, 11) is 0. The standard InChI is InChI=1S/C12H9Cl2F3N2/c1-2-8-3-4-19(18-8)11-9(13)5-7(6-10(11)14)12(15,16)17/h3-6H,2H2,1H3. The molecule has 2 rings (SSSR count). The van der Waals surface area contributed by atoms with E-state index in [-0.39, 0.29) is 15.7 Å². The Morgan fingerprint density at radius 2 is 1.79 bits per heavy atom. The van der Waals surface area contributed by atoms with Gasteiger partial charge in [-0.05, 0) is 24.6 Å². The topological polar surface area (TPSA) is 17.8 Å². The molecule has 0 N–H and O–H groups in total. The Kier molecular flexibility index (Phi) is 3.78. The fourth-order valence-corrected chi connectivity index (χ4v) is 2.28. The zero-order valence-electron chi connectivity index (χ0n) is 9.80. The Morgan fingerprint density at radius 3 is 2.21 bits per heavy atom. The first-order valence-corrected chi connectivity index (χ1v) is 6.19. The summed E-state index contributed by atoms with van der Waals surface area (Å²) < 4.78 is 39.2. The van der Waals surface area contributed by atoms with Crippen molar-refractivity contribution in [2.75, 3.05) is 0 Å². The average Bonchev–Trinajstić information content (AvgIpc) is 2.75. The second kappa shape index (κ2) is 5.06. The molecule has 0 aliphatic rings. The molecule has 0 aliphatic heterocycles. The van der Waals surface area contributed by atoms with Crippen LogP contribution >= 0.6 is 23.2 Å². The van der Waals surface area contributed by atoms with E-state index in [4.69, 9.17) is 23.2 Å². The summed E-state index contributed by atoms with van der Waals surface area (Å²) in [4.78, 5) is 0. The maximum atomic E-state index is 12.6. The maximum absolute atomic E-state index is 12.6. The van der Waals surface area contributed by atoms with Gasteiger partial charge < -0.3 is 0 Å². The van der Waals surface area contributed by atoms with E-state index >= 15 is 0 Å². The lowest BCUT2D eigenvalue weighted by atomic mass is 10.2. The molecule has 0 aliphatic carbocycles. The van der Waals surface area contributed by atoms with E-state index < -0.39 is 11.7 Å². The highest BCUT2D eigenvalue weighted by atomic mass is 35.5. The number of hydrogen-bond acceptors (Lipinski definition) is 1. The van der Waals surface area contributed by atoms with Crippen molar-refractivity contribution < 1.29 is 13.2 Å². The SMILES string of the molecule is CCc1ccn(-c2c(Cl)cc(C(F)(F)F)cc2Cl)n1. The Hall–Kier alpha value is -1.20. The van der Waals surface area contributed by atoms with Gasteiger partial charge >= 0.3 is 6.18 Å². The molecule has 0 amide bonds. The first-order chi connectivity index (χ1) is 8.82. The molecule has 1 aromatic carbocycles. The van der Waals surface area contributed by atoms with Crippen LogP contribution in [-0.2, 0) is 12.6 Å². The third-order valence-corrected chi connectivity index (χ3v) is 3.16. The number of aryl methyl sites for hydroxylation is 1. The molecule has 1 aromatic heterocycles. The van der Waals surface area contributed by atoms with Crippen molar-refractivity contribution in [2.24, 2.45) is 0 Å². The molecule has 0 atom stereocenters. The Bertz CT molecular complexity index is 582. The van der Waals surface area contributed by atoms with Crippen molar-refractivity contribution in [1.82, 2.24) is 9.78 Å². The third kappa shape index (κ3) is 2.87. The molecule has 0 saturated carbocycles. The number of hydrogen-bond donors (Lipinski definition) is 0. The maximum Gasteiger partial charge on any atom is 0.416 e. The molecule has 2 aromatic rings. The molecule has 0 unspecified atom stereocenters. The number of rotatable bonds is 2. The van der Waals surface area contributed by atoms with Gasteiger partial charge in [0, 0.05) is 6.20 Å². The fraction of sp³-hybridized carbons (Fsp3) is 0.250. The summed E-state index contributed by atoms with van der Waals surface area (Å²) in [5.74, 6) is 0. The van der Waals surface area contributed by atoms with Crippen LogP contribution in [0.15, 0.2) is 24.4 Å². The Balaban J connectivity index is 2.53. The van der Waals surface area contributed by atoms with Crippen LogP contribution in [0, 0.1) is 0 Å². The van der Waals surface area contributed by atoms with Crippen LogP contribution < -0.4 is 0 Å². The van der Waals surface area contributed by atoms with Crippen LogP contribution in [0.1, 0.15) is 18.2 Å². The summed E-state index contributed by atoms with van der Waals surface area (Å²) in [6.07, 6.45) is -2.16. The summed E-state index contributed by atoms with van der Waals surface area (Å²) in [5.41, 5.74) is 0.164. The second-order valence-electron chi connectivity index (χ2n) is 3.89. The van der Waals surface area contributed by atoms with E-state index in [1.165, 1.54) is 4.68 Å². The van der Waals surface area contributed by atoms with Crippen LogP contribution in [0.2, 0.25) is 10.0 Å². The van der Waals surface area contributed by atoms with Gasteiger partial charge in [-0.2, -0.15) is 18.3 Å². The monoisotopic (exact) mass is 308 g/mol. The minimum Gasteiger partial charge on any atom is -0.238 e. The van der Waals surface area contributed by atoms with Gasteiger partial charge in [-0.1, -0.05) is 30.1 Å². The van der Waals surface area contributed by atoms with Crippen molar-refractivity contribution in [1.29, 1.82) is 0 Å². The molecular weight excluding hydrogens is 300 g/mol. The van der Waals surface area contributed by atoms with Gasteiger partial charge in [-0.15, -0.1) is 0 Å². The van der Waals surface area contributed by atoms with Gasteiger partial charge in [-0.3, -0.25) is 0 Å². The Morgan fingerprint density at radius 1 is 1.21 bits per heavy atom. The van der Waals surface area contributed by atoms with E-state index in [2.05, 4.69) is 5.10 Å². The van der Waals surface area contributed by atoms with Crippen molar-refractivity contribution >= 4 is 23.2 Å². The van der Waals surface area contributed by atoms with E-state index in [1.54, 1.807) is 12.3 Å². The number of aromatic nitrogens is 2. The summed E-state index contributed by atoms with van der Waals surface area (Å²) in [6.45, 7) is 1.92. The summed E-state index contributed by atoms with van der Waals surface area (Å²) >= 11 is 11.8. The van der Waals surface area contributed by atoms with E-state index in [0.717, 1.165) is 17.8 Å². The minimum atomic E-state index is -4.48. The first-order valence-electron chi connectivity index (χ1n) is 5.44. The van der Waals surface area contributed by atoms with Gasteiger partial charge in [0.25, 0.3) is 0 Å². The molecule has 102 valence electrons. The average molecular weight is 309 g/mol. The molecule has 0 saturated heterocycles. The summed E-state index contributed by atoms with van der Waals surface area (Å²) in [5, 5.41) is 3.99. The number of nitrogens with zero attached hydrogens (tertiary/aromatic N) is 2. The largest absolute Gasteiger partial charge is 0.416 e. The molecule has 0 fully saturated rings. The van der Waals surface area contributed by atoms with Gasteiger partial charge in [0.15, 0.2) is 0 Å². The van der Waals surface area contributed by atoms with Crippen LogP contribution in [0.5, 0.6) is 0 Å². The Labute approximate surface area is 117 Å². The molecular formula is C12H9Cl2F3N2. The predicted octanol–water partition coefficient (Wildman–Crippen LogP) is 4.76. The lowest BCUT2D eigenvalue weighted by Gasteiger charge is -2.12. The molecule has 2 nitrogen and oxygen atoms in total. The van der Waals surface area contributed by atoms with Crippen LogP contribution in [0.25, 0.3) is 5.69 Å². The molecule has 1 heterocycles. The lowest BCUT2D eigenvalue weighted by Crippen LogP contribution is -2.07. The summed E-state index contributed by atoms with van der Waals surface area (Å²) in [6, 6.07) is 3.44. The van der Waals surface area contributed by atoms with Crippen LogP contribution in [-0.4, -0.2) is 9.78 Å². The van der Waals surface area contributed by atoms with E-state index in [1.807, 2.05) is 6.92 Å². The van der Waals surface area contributed by atoms with Crippen LogP contribution in [0.4, 0.5) is 13.2 Å². The van der Waals surface area contributed by atoms with E-state index in [0.29, 0.717) is 6.42 Å². The highest BCUT2D eigenvalue weighted by Crippen LogP contribution is 2.37. The van der Waals surface area contributed by atoms with Gasteiger partial charge in [0.2, 0.25) is 0 Å². The lowest BCUT2D eigenvalue weighted by molar-refractivity contribution is -0.137. The van der Waals surface area contributed by atoms with E-state index in [9.17, 15) is 13.2 Å². The van der Waals surface area contributed by atoms with Gasteiger partial charge in [-0.25, -0.2) is 4.68 Å². The zero-order chi connectivity index (χ0) is 14.2. The van der Waals surface area contributed by atoms with Crippen molar-refractivity contribution in [3.8, 4) is 5.69 Å².